The van der Waals surface area contributed by atoms with Crippen molar-refractivity contribution >= 4 is 23.5 Å². The summed E-state index contributed by atoms with van der Waals surface area (Å²) < 4.78 is 0. The summed E-state index contributed by atoms with van der Waals surface area (Å²) in [6.07, 6.45) is 1.38. The molecule has 0 bridgehead atoms. The summed E-state index contributed by atoms with van der Waals surface area (Å²) in [4.78, 5) is 24.9. The molecule has 0 aliphatic heterocycles. The Bertz CT molecular complexity index is 517. The highest BCUT2D eigenvalue weighted by atomic mass is 35.5. The number of halogens is 1. The van der Waals surface area contributed by atoms with Crippen LogP contribution in [0.4, 0.5) is 4.79 Å². The summed E-state index contributed by atoms with van der Waals surface area (Å²) in [5.41, 5.74) is -0.547. The minimum absolute atomic E-state index is 0.0725. The van der Waals surface area contributed by atoms with Crippen LogP contribution in [0.15, 0.2) is 24.3 Å². The molecule has 2 rings (SSSR count). The summed E-state index contributed by atoms with van der Waals surface area (Å²) in [7, 11) is 1.44. The molecule has 0 radical (unpaired) electrons. The molecular weight excluding hydrogens is 266 g/mol. The Hall–Kier alpha value is -1.55. The molecule has 1 unspecified atom stereocenters. The van der Waals surface area contributed by atoms with E-state index in [9.17, 15) is 14.7 Å². The van der Waals surface area contributed by atoms with Gasteiger partial charge in [-0.05, 0) is 25.3 Å². The first kappa shape index (κ1) is 13.9. The Balaban J connectivity index is 2.60. The first-order chi connectivity index (χ1) is 9.00. The van der Waals surface area contributed by atoms with Crippen LogP contribution in [0.5, 0.6) is 0 Å². The van der Waals surface area contributed by atoms with Crippen LogP contribution in [0.1, 0.15) is 31.2 Å². The highest BCUT2D eigenvalue weighted by Gasteiger charge is 2.48. The first-order valence-corrected chi connectivity index (χ1v) is 6.63. The third-order valence-corrected chi connectivity index (χ3v) is 4.16. The van der Waals surface area contributed by atoms with Crippen LogP contribution < -0.4 is 0 Å². The standard InChI is InChI=1S/C14H16ClNO3/c1-16(13(18)19)14(9-5-4-8-12(14)17)10-6-2-3-7-11(10)15/h2-3,6-7H,4-5,8-9H2,1H3,(H,18,19). The van der Waals surface area contributed by atoms with Crippen LogP contribution in [0.25, 0.3) is 0 Å². The third-order valence-electron chi connectivity index (χ3n) is 3.83. The van der Waals surface area contributed by atoms with Crippen LogP contribution in [-0.2, 0) is 10.3 Å². The van der Waals surface area contributed by atoms with Gasteiger partial charge in [0.25, 0.3) is 0 Å². The van der Waals surface area contributed by atoms with Gasteiger partial charge in [-0.25, -0.2) is 4.79 Å². The van der Waals surface area contributed by atoms with Crippen molar-refractivity contribution in [3.63, 3.8) is 0 Å². The Morgan fingerprint density at radius 2 is 2.05 bits per heavy atom. The van der Waals surface area contributed by atoms with E-state index in [0.29, 0.717) is 23.4 Å². The van der Waals surface area contributed by atoms with Crippen LogP contribution in [0.2, 0.25) is 5.02 Å². The molecule has 102 valence electrons. The molecule has 5 heteroatoms. The maximum Gasteiger partial charge on any atom is 0.408 e. The maximum atomic E-state index is 12.5. The van der Waals surface area contributed by atoms with Gasteiger partial charge in [0.15, 0.2) is 5.78 Å². The number of likely N-dealkylation sites (N-methyl/N-ethyl adjacent to an activating group) is 1. The number of ketones is 1. The Labute approximate surface area is 117 Å². The Morgan fingerprint density at radius 3 is 2.63 bits per heavy atom. The van der Waals surface area contributed by atoms with Gasteiger partial charge in [0.1, 0.15) is 5.54 Å². The molecule has 1 fully saturated rings. The van der Waals surface area contributed by atoms with Crippen molar-refractivity contribution in [1.29, 1.82) is 0 Å². The van der Waals surface area contributed by atoms with Gasteiger partial charge in [-0.2, -0.15) is 0 Å². The lowest BCUT2D eigenvalue weighted by Crippen LogP contribution is -2.53. The zero-order chi connectivity index (χ0) is 14.0. The van der Waals surface area contributed by atoms with Crippen molar-refractivity contribution < 1.29 is 14.7 Å². The molecule has 0 heterocycles. The van der Waals surface area contributed by atoms with Crippen molar-refractivity contribution in [1.82, 2.24) is 4.90 Å². The summed E-state index contributed by atoms with van der Waals surface area (Å²) in [6.45, 7) is 0. The smallest absolute Gasteiger partial charge is 0.408 e. The number of hydrogen-bond acceptors (Lipinski definition) is 2. The number of hydrogen-bond donors (Lipinski definition) is 1. The highest BCUT2D eigenvalue weighted by Crippen LogP contribution is 2.42. The summed E-state index contributed by atoms with van der Waals surface area (Å²) >= 11 is 6.19. The zero-order valence-corrected chi connectivity index (χ0v) is 11.5. The molecule has 1 aliphatic carbocycles. The number of carboxylic acid groups (broad SMARTS) is 1. The number of Topliss-reactive ketones (excluding diaryl/α,β-unsaturated/α-hetero) is 1. The van der Waals surface area contributed by atoms with Gasteiger partial charge in [0.05, 0.1) is 0 Å². The van der Waals surface area contributed by atoms with Crippen molar-refractivity contribution in [2.24, 2.45) is 0 Å². The molecule has 1 aromatic carbocycles. The molecule has 0 aromatic heterocycles. The van der Waals surface area contributed by atoms with E-state index in [1.54, 1.807) is 24.3 Å². The topological polar surface area (TPSA) is 57.6 Å². The second-order valence-electron chi connectivity index (χ2n) is 4.81. The molecule has 1 atom stereocenters. The van der Waals surface area contributed by atoms with Gasteiger partial charge >= 0.3 is 6.09 Å². The van der Waals surface area contributed by atoms with E-state index in [0.717, 1.165) is 17.7 Å². The minimum Gasteiger partial charge on any atom is -0.465 e. The van der Waals surface area contributed by atoms with E-state index in [2.05, 4.69) is 0 Å². The fraction of sp³-hybridized carbons (Fsp3) is 0.429. The predicted molar refractivity (Wildman–Crippen MR) is 72.4 cm³/mol. The molecule has 1 aliphatic rings. The van der Waals surface area contributed by atoms with Crippen molar-refractivity contribution in [3.8, 4) is 0 Å². The van der Waals surface area contributed by atoms with E-state index in [1.165, 1.54) is 7.05 Å². The molecule has 0 spiro atoms. The molecule has 1 N–H and O–H groups in total. The number of nitrogens with zero attached hydrogens (tertiary/aromatic N) is 1. The van der Waals surface area contributed by atoms with Crippen LogP contribution in [-0.4, -0.2) is 28.9 Å². The van der Waals surface area contributed by atoms with Crippen LogP contribution >= 0.6 is 11.6 Å². The second-order valence-corrected chi connectivity index (χ2v) is 5.22. The Kier molecular flexibility index (Phi) is 3.80. The van der Waals surface area contributed by atoms with E-state index < -0.39 is 11.6 Å². The molecule has 4 nitrogen and oxygen atoms in total. The largest absolute Gasteiger partial charge is 0.465 e. The maximum absolute atomic E-state index is 12.5. The number of benzene rings is 1. The third kappa shape index (κ3) is 2.21. The van der Waals surface area contributed by atoms with Crippen molar-refractivity contribution in [2.75, 3.05) is 7.05 Å². The van der Waals surface area contributed by atoms with Gasteiger partial charge in [-0.15, -0.1) is 0 Å². The molecule has 0 saturated heterocycles. The molecule has 19 heavy (non-hydrogen) atoms. The average molecular weight is 282 g/mol. The van der Waals surface area contributed by atoms with Gasteiger partial charge in [-0.3, -0.25) is 9.69 Å². The molecule has 1 saturated carbocycles. The van der Waals surface area contributed by atoms with Crippen molar-refractivity contribution in [3.05, 3.63) is 34.9 Å². The van der Waals surface area contributed by atoms with Gasteiger partial charge in [0.2, 0.25) is 0 Å². The van der Waals surface area contributed by atoms with Gasteiger partial charge in [-0.1, -0.05) is 29.8 Å². The number of carbonyl (C=O) groups excluding carboxylic acids is 1. The summed E-state index contributed by atoms with van der Waals surface area (Å²) in [5, 5.41) is 9.74. The highest BCUT2D eigenvalue weighted by molar-refractivity contribution is 6.31. The average Bonchev–Trinajstić information content (AvgIpc) is 2.39. The lowest BCUT2D eigenvalue weighted by molar-refractivity contribution is -0.133. The van der Waals surface area contributed by atoms with Crippen LogP contribution in [0.3, 0.4) is 0 Å². The Morgan fingerprint density at radius 1 is 1.37 bits per heavy atom. The van der Waals surface area contributed by atoms with Crippen molar-refractivity contribution in [2.45, 2.75) is 31.2 Å². The number of rotatable bonds is 2. The monoisotopic (exact) mass is 281 g/mol. The lowest BCUT2D eigenvalue weighted by Gasteiger charge is -2.42. The van der Waals surface area contributed by atoms with Gasteiger partial charge < -0.3 is 5.11 Å². The normalized spacial score (nSPS) is 23.2. The number of amides is 1. The summed E-state index contributed by atoms with van der Waals surface area (Å²) in [6, 6.07) is 6.98. The van der Waals surface area contributed by atoms with Crippen LogP contribution in [0, 0.1) is 0 Å². The van der Waals surface area contributed by atoms with E-state index in [4.69, 9.17) is 11.6 Å². The zero-order valence-electron chi connectivity index (χ0n) is 10.7. The fourth-order valence-electron chi connectivity index (χ4n) is 2.79. The predicted octanol–water partition coefficient (Wildman–Crippen LogP) is 3.29. The quantitative estimate of drug-likeness (QED) is 0.905. The molecular formula is C14H16ClNO3. The summed E-state index contributed by atoms with van der Waals surface area (Å²) in [5.74, 6) is -0.0725. The molecule has 1 aromatic rings. The molecule has 1 amide bonds. The second kappa shape index (κ2) is 5.21. The fourth-order valence-corrected chi connectivity index (χ4v) is 3.08. The van der Waals surface area contributed by atoms with E-state index in [-0.39, 0.29) is 5.78 Å². The van der Waals surface area contributed by atoms with E-state index in [1.807, 2.05) is 0 Å². The first-order valence-electron chi connectivity index (χ1n) is 6.25. The van der Waals surface area contributed by atoms with Gasteiger partial charge in [0, 0.05) is 24.1 Å². The SMILES string of the molecule is CN(C(=O)O)C1(c2ccccc2Cl)CCCCC1=O. The minimum atomic E-state index is -1.14. The van der Waals surface area contributed by atoms with E-state index >= 15 is 0 Å². The lowest BCUT2D eigenvalue weighted by atomic mass is 9.74. The number of carbonyl (C=O) groups is 2.